The minimum absolute atomic E-state index is 0.154. The summed E-state index contributed by atoms with van der Waals surface area (Å²) in [5, 5.41) is 12.0. The van der Waals surface area contributed by atoms with Gasteiger partial charge in [-0.1, -0.05) is 42.5 Å². The van der Waals surface area contributed by atoms with Crippen LogP contribution in [0.4, 0.5) is 0 Å². The standard InChI is InChI=1S/C14H14O2/c15-8-14(9-16-10-14)13-7-3-5-11-4-1-2-6-12(11)13/h1-7,15H,8-10H2. The summed E-state index contributed by atoms with van der Waals surface area (Å²) in [6.07, 6.45) is 0. The molecule has 16 heavy (non-hydrogen) atoms. The van der Waals surface area contributed by atoms with Crippen LogP contribution in [-0.2, 0) is 10.2 Å². The molecule has 2 aromatic rings. The molecular formula is C14H14O2. The van der Waals surface area contributed by atoms with Crippen molar-refractivity contribution in [2.24, 2.45) is 0 Å². The highest BCUT2D eigenvalue weighted by Crippen LogP contribution is 2.36. The van der Waals surface area contributed by atoms with E-state index < -0.39 is 0 Å². The minimum atomic E-state index is -0.180. The zero-order chi connectivity index (χ0) is 11.0. The quantitative estimate of drug-likeness (QED) is 0.829. The first-order valence-corrected chi connectivity index (χ1v) is 5.53. The zero-order valence-corrected chi connectivity index (χ0v) is 9.02. The van der Waals surface area contributed by atoms with E-state index >= 15 is 0 Å². The molecule has 0 spiro atoms. The third-order valence-electron chi connectivity index (χ3n) is 3.42. The Bertz CT molecular complexity index is 504. The second kappa shape index (κ2) is 3.58. The van der Waals surface area contributed by atoms with Gasteiger partial charge in [-0.05, 0) is 16.3 Å². The molecule has 82 valence electrons. The summed E-state index contributed by atoms with van der Waals surface area (Å²) in [5.41, 5.74) is 1.03. The van der Waals surface area contributed by atoms with Crippen molar-refractivity contribution >= 4 is 10.8 Å². The van der Waals surface area contributed by atoms with Crippen LogP contribution in [0.5, 0.6) is 0 Å². The Morgan fingerprint density at radius 3 is 2.50 bits per heavy atom. The minimum Gasteiger partial charge on any atom is -0.395 e. The second-order valence-corrected chi connectivity index (χ2v) is 4.46. The monoisotopic (exact) mass is 214 g/mol. The zero-order valence-electron chi connectivity index (χ0n) is 9.02. The largest absolute Gasteiger partial charge is 0.395 e. The van der Waals surface area contributed by atoms with Crippen molar-refractivity contribution in [2.45, 2.75) is 5.41 Å². The number of ether oxygens (including phenoxy) is 1. The summed E-state index contributed by atoms with van der Waals surface area (Å²) >= 11 is 0. The number of aliphatic hydroxyl groups excluding tert-OH is 1. The van der Waals surface area contributed by atoms with Crippen molar-refractivity contribution < 1.29 is 9.84 Å². The predicted octanol–water partition coefficient (Wildman–Crippen LogP) is 2.10. The van der Waals surface area contributed by atoms with Gasteiger partial charge in [0.05, 0.1) is 25.2 Å². The second-order valence-electron chi connectivity index (χ2n) is 4.46. The molecule has 0 radical (unpaired) electrons. The van der Waals surface area contributed by atoms with E-state index in [1.165, 1.54) is 16.3 Å². The average Bonchev–Trinajstić information content (AvgIpc) is 2.29. The fourth-order valence-corrected chi connectivity index (χ4v) is 2.37. The molecule has 1 heterocycles. The van der Waals surface area contributed by atoms with E-state index in [1.807, 2.05) is 18.2 Å². The van der Waals surface area contributed by atoms with Gasteiger partial charge in [-0.25, -0.2) is 0 Å². The summed E-state index contributed by atoms with van der Waals surface area (Å²) < 4.78 is 5.27. The van der Waals surface area contributed by atoms with Crippen LogP contribution in [0.15, 0.2) is 42.5 Å². The van der Waals surface area contributed by atoms with Crippen molar-refractivity contribution in [3.8, 4) is 0 Å². The first-order chi connectivity index (χ1) is 7.86. The summed E-state index contributed by atoms with van der Waals surface area (Å²) in [6, 6.07) is 14.5. The molecule has 1 fully saturated rings. The van der Waals surface area contributed by atoms with E-state index in [0.717, 1.165) is 0 Å². The molecule has 3 rings (SSSR count). The molecule has 0 saturated carbocycles. The van der Waals surface area contributed by atoms with Crippen molar-refractivity contribution in [1.29, 1.82) is 0 Å². The Labute approximate surface area is 94.5 Å². The fraction of sp³-hybridized carbons (Fsp3) is 0.286. The maximum absolute atomic E-state index is 9.57. The number of hydrogen-bond donors (Lipinski definition) is 1. The highest BCUT2D eigenvalue weighted by Gasteiger charge is 2.40. The van der Waals surface area contributed by atoms with E-state index in [0.29, 0.717) is 13.2 Å². The van der Waals surface area contributed by atoms with Crippen LogP contribution < -0.4 is 0 Å². The average molecular weight is 214 g/mol. The van der Waals surface area contributed by atoms with Crippen molar-refractivity contribution in [1.82, 2.24) is 0 Å². The van der Waals surface area contributed by atoms with E-state index in [2.05, 4.69) is 24.3 Å². The van der Waals surface area contributed by atoms with Gasteiger partial charge in [0, 0.05) is 0 Å². The van der Waals surface area contributed by atoms with E-state index in [-0.39, 0.29) is 12.0 Å². The Kier molecular flexibility index (Phi) is 2.20. The van der Waals surface area contributed by atoms with E-state index in [4.69, 9.17) is 4.74 Å². The van der Waals surface area contributed by atoms with Crippen molar-refractivity contribution in [2.75, 3.05) is 19.8 Å². The molecule has 1 N–H and O–H groups in total. The van der Waals surface area contributed by atoms with Gasteiger partial charge in [0.15, 0.2) is 0 Å². The molecule has 0 amide bonds. The Morgan fingerprint density at radius 2 is 1.81 bits per heavy atom. The Balaban J connectivity index is 2.23. The van der Waals surface area contributed by atoms with Gasteiger partial charge in [-0.2, -0.15) is 0 Å². The first kappa shape index (κ1) is 9.82. The molecule has 2 heteroatoms. The number of benzene rings is 2. The molecule has 0 aliphatic carbocycles. The first-order valence-electron chi connectivity index (χ1n) is 5.53. The van der Waals surface area contributed by atoms with Gasteiger partial charge in [-0.15, -0.1) is 0 Å². The summed E-state index contributed by atoms with van der Waals surface area (Å²) in [5.74, 6) is 0. The number of hydrogen-bond acceptors (Lipinski definition) is 2. The Hall–Kier alpha value is -1.38. The van der Waals surface area contributed by atoms with Gasteiger partial charge in [-0.3, -0.25) is 0 Å². The van der Waals surface area contributed by atoms with Crippen molar-refractivity contribution in [3.05, 3.63) is 48.0 Å². The number of rotatable bonds is 2. The molecular weight excluding hydrogens is 200 g/mol. The van der Waals surface area contributed by atoms with Crippen LogP contribution in [0.2, 0.25) is 0 Å². The van der Waals surface area contributed by atoms with Crippen LogP contribution in [0.3, 0.4) is 0 Å². The molecule has 1 aliphatic heterocycles. The lowest BCUT2D eigenvalue weighted by atomic mass is 9.77. The maximum atomic E-state index is 9.57. The van der Waals surface area contributed by atoms with Gasteiger partial charge >= 0.3 is 0 Å². The lowest BCUT2D eigenvalue weighted by Gasteiger charge is -2.41. The number of aliphatic hydroxyl groups is 1. The normalized spacial score (nSPS) is 18.3. The van der Waals surface area contributed by atoms with E-state index in [9.17, 15) is 5.11 Å². The van der Waals surface area contributed by atoms with E-state index in [1.54, 1.807) is 0 Å². The third kappa shape index (κ3) is 1.27. The molecule has 0 atom stereocenters. The molecule has 1 saturated heterocycles. The van der Waals surface area contributed by atoms with Gasteiger partial charge in [0.2, 0.25) is 0 Å². The third-order valence-corrected chi connectivity index (χ3v) is 3.42. The summed E-state index contributed by atoms with van der Waals surface area (Å²) in [4.78, 5) is 0. The van der Waals surface area contributed by atoms with Gasteiger partial charge in [0.25, 0.3) is 0 Å². The van der Waals surface area contributed by atoms with Crippen LogP contribution in [-0.4, -0.2) is 24.9 Å². The van der Waals surface area contributed by atoms with Gasteiger partial charge < -0.3 is 9.84 Å². The summed E-state index contributed by atoms with van der Waals surface area (Å²) in [7, 11) is 0. The SMILES string of the molecule is OCC1(c2cccc3ccccc23)COC1. The molecule has 2 aromatic carbocycles. The lowest BCUT2D eigenvalue weighted by Crippen LogP contribution is -2.49. The predicted molar refractivity (Wildman–Crippen MR) is 63.5 cm³/mol. The topological polar surface area (TPSA) is 29.5 Å². The summed E-state index contributed by atoms with van der Waals surface area (Å²) in [6.45, 7) is 1.40. The Morgan fingerprint density at radius 1 is 1.06 bits per heavy atom. The number of fused-ring (bicyclic) bond motifs is 1. The smallest absolute Gasteiger partial charge is 0.0657 e. The fourth-order valence-electron chi connectivity index (χ4n) is 2.37. The highest BCUT2D eigenvalue weighted by atomic mass is 16.5. The molecule has 0 unspecified atom stereocenters. The molecule has 2 nitrogen and oxygen atoms in total. The van der Waals surface area contributed by atoms with Crippen LogP contribution in [0.25, 0.3) is 10.8 Å². The van der Waals surface area contributed by atoms with Crippen molar-refractivity contribution in [3.63, 3.8) is 0 Å². The lowest BCUT2D eigenvalue weighted by molar-refractivity contribution is -0.0834. The van der Waals surface area contributed by atoms with Crippen LogP contribution in [0, 0.1) is 0 Å². The highest BCUT2D eigenvalue weighted by molar-refractivity contribution is 5.86. The van der Waals surface area contributed by atoms with Crippen LogP contribution in [0.1, 0.15) is 5.56 Å². The molecule has 0 aromatic heterocycles. The van der Waals surface area contributed by atoms with Gasteiger partial charge in [0.1, 0.15) is 0 Å². The maximum Gasteiger partial charge on any atom is 0.0657 e. The molecule has 1 aliphatic rings. The molecule has 0 bridgehead atoms. The van der Waals surface area contributed by atoms with Crippen LogP contribution >= 0.6 is 0 Å².